The van der Waals surface area contributed by atoms with E-state index in [9.17, 15) is 19.7 Å². The molecule has 0 bridgehead atoms. The topological polar surface area (TPSA) is 108 Å². The Balaban J connectivity index is 2.07. The number of ether oxygens (including phenoxy) is 2. The van der Waals surface area contributed by atoms with E-state index in [1.807, 2.05) is 13.8 Å². The van der Waals surface area contributed by atoms with Crippen LogP contribution in [-0.4, -0.2) is 42.7 Å². The smallest absolute Gasteiger partial charge is 0.315 e. The molecule has 0 radical (unpaired) electrons. The molecule has 160 valence electrons. The first kappa shape index (κ1) is 21.8. The zero-order chi connectivity index (χ0) is 22.1. The second-order valence-electron chi connectivity index (χ2n) is 8.52. The van der Waals surface area contributed by atoms with E-state index in [-0.39, 0.29) is 30.1 Å². The number of ketones is 1. The molecule has 0 amide bonds. The minimum Gasteiger partial charge on any atom is -0.463 e. The number of methoxy groups -OCH3 is 1. The van der Waals surface area contributed by atoms with Crippen LogP contribution in [0.2, 0.25) is 0 Å². The molecular weight excluding hydrogens is 388 g/mol. The van der Waals surface area contributed by atoms with Gasteiger partial charge in [0.1, 0.15) is 12.5 Å². The average molecular weight is 414 g/mol. The third-order valence-corrected chi connectivity index (χ3v) is 5.55. The molecule has 0 fully saturated rings. The zero-order valence-electron chi connectivity index (χ0n) is 17.6. The maximum absolute atomic E-state index is 13.1. The summed E-state index contributed by atoms with van der Waals surface area (Å²) in [5.41, 5.74) is 2.17. The third kappa shape index (κ3) is 4.33. The molecule has 8 heteroatoms. The van der Waals surface area contributed by atoms with Crippen LogP contribution in [0.5, 0.6) is 0 Å². The molecule has 1 unspecified atom stereocenters. The highest BCUT2D eigenvalue weighted by Gasteiger charge is 2.46. The van der Waals surface area contributed by atoms with Gasteiger partial charge in [-0.25, -0.2) is 0 Å². The molecule has 0 saturated heterocycles. The van der Waals surface area contributed by atoms with Gasteiger partial charge in [-0.1, -0.05) is 26.0 Å². The number of nitrogens with zero attached hydrogens (tertiary/aromatic N) is 2. The summed E-state index contributed by atoms with van der Waals surface area (Å²) in [5.74, 6) is -1.89. The Morgan fingerprint density at radius 1 is 1.23 bits per heavy atom. The average Bonchev–Trinajstić information content (AvgIpc) is 2.66. The highest BCUT2D eigenvalue weighted by molar-refractivity contribution is 6.09. The number of esters is 1. The van der Waals surface area contributed by atoms with Crippen molar-refractivity contribution in [3.8, 4) is 0 Å². The van der Waals surface area contributed by atoms with E-state index in [1.165, 1.54) is 19.2 Å². The van der Waals surface area contributed by atoms with Gasteiger partial charge in [0.2, 0.25) is 0 Å². The monoisotopic (exact) mass is 414 g/mol. The molecule has 1 aliphatic heterocycles. The predicted molar refractivity (Wildman–Crippen MR) is 110 cm³/mol. The standard InChI is InChI=1S/C22H26N2O6/c1-13-18(21(26)30-10-9-29-4)19(14-5-7-15(8-6-14)24(27)28)20-16(23-13)11-22(2,3)12-17(20)25/h5-8,18-19H,9-12H2,1-4H3/t18?,19-/m0/s1. The Morgan fingerprint density at radius 3 is 2.50 bits per heavy atom. The van der Waals surface area contributed by atoms with Gasteiger partial charge in [-0.05, 0) is 24.3 Å². The first-order valence-corrected chi connectivity index (χ1v) is 9.86. The fourth-order valence-corrected chi connectivity index (χ4v) is 4.23. The second kappa shape index (κ2) is 8.47. The molecule has 1 aromatic rings. The van der Waals surface area contributed by atoms with Gasteiger partial charge in [0.05, 0.1) is 11.5 Å². The number of nitro groups is 1. The summed E-state index contributed by atoms with van der Waals surface area (Å²) >= 11 is 0. The molecule has 0 N–H and O–H groups in total. The van der Waals surface area contributed by atoms with Crippen molar-refractivity contribution in [2.45, 2.75) is 39.5 Å². The summed E-state index contributed by atoms with van der Waals surface area (Å²) in [6, 6.07) is 5.99. The first-order valence-electron chi connectivity index (χ1n) is 9.86. The number of aliphatic imine (C=N–C) groups is 1. The minimum absolute atomic E-state index is 0.0458. The summed E-state index contributed by atoms with van der Waals surface area (Å²) in [4.78, 5) is 41.3. The van der Waals surface area contributed by atoms with Crippen molar-refractivity contribution in [3.63, 3.8) is 0 Å². The molecule has 3 rings (SSSR count). The third-order valence-electron chi connectivity index (χ3n) is 5.55. The maximum atomic E-state index is 13.1. The van der Waals surface area contributed by atoms with E-state index in [0.29, 0.717) is 35.4 Å². The van der Waals surface area contributed by atoms with Crippen molar-refractivity contribution in [1.29, 1.82) is 0 Å². The summed E-state index contributed by atoms with van der Waals surface area (Å²) in [5, 5.41) is 11.0. The second-order valence-corrected chi connectivity index (χ2v) is 8.52. The lowest BCUT2D eigenvalue weighted by atomic mass is 9.67. The van der Waals surface area contributed by atoms with E-state index in [1.54, 1.807) is 19.1 Å². The SMILES string of the molecule is COCCOC(=O)C1C(C)=NC2=C(C(=O)CC(C)(C)C2)[C@H]1c1ccc([N+](=O)[O-])cc1. The number of carbonyl (C=O) groups excluding carboxylic acids is 2. The maximum Gasteiger partial charge on any atom is 0.315 e. The summed E-state index contributed by atoms with van der Waals surface area (Å²) < 4.78 is 10.3. The van der Waals surface area contributed by atoms with Crippen LogP contribution in [0.25, 0.3) is 0 Å². The largest absolute Gasteiger partial charge is 0.463 e. The summed E-state index contributed by atoms with van der Waals surface area (Å²) in [6.07, 6.45) is 0.982. The van der Waals surface area contributed by atoms with Crippen LogP contribution < -0.4 is 0 Å². The Hall–Kier alpha value is -2.87. The number of benzene rings is 1. The van der Waals surface area contributed by atoms with Crippen LogP contribution in [0.1, 0.15) is 45.1 Å². The minimum atomic E-state index is -0.771. The fourth-order valence-electron chi connectivity index (χ4n) is 4.23. The lowest BCUT2D eigenvalue weighted by molar-refractivity contribution is -0.384. The number of non-ortho nitro benzene ring substituents is 1. The Kier molecular flexibility index (Phi) is 6.17. The van der Waals surface area contributed by atoms with Crippen LogP contribution in [0.15, 0.2) is 40.5 Å². The molecule has 2 atom stereocenters. The van der Waals surface area contributed by atoms with Crippen LogP contribution in [0.3, 0.4) is 0 Å². The Labute approximate surface area is 175 Å². The molecule has 1 aliphatic carbocycles. The van der Waals surface area contributed by atoms with Gasteiger partial charge >= 0.3 is 5.97 Å². The van der Waals surface area contributed by atoms with Crippen molar-refractivity contribution < 1.29 is 24.0 Å². The quantitative estimate of drug-likeness (QED) is 0.305. The summed E-state index contributed by atoms with van der Waals surface area (Å²) in [7, 11) is 1.51. The highest BCUT2D eigenvalue weighted by Crippen LogP contribution is 2.48. The summed E-state index contributed by atoms with van der Waals surface area (Å²) in [6.45, 7) is 6.16. The molecule has 1 aromatic carbocycles. The van der Waals surface area contributed by atoms with Crippen LogP contribution in [-0.2, 0) is 19.1 Å². The van der Waals surface area contributed by atoms with Gasteiger partial charge in [-0.3, -0.25) is 24.7 Å². The van der Waals surface area contributed by atoms with Crippen molar-refractivity contribution >= 4 is 23.2 Å². The fraction of sp³-hybridized carbons (Fsp3) is 0.500. The zero-order valence-corrected chi connectivity index (χ0v) is 17.6. The number of carbonyl (C=O) groups is 2. The molecular formula is C22H26N2O6. The van der Waals surface area contributed by atoms with Gasteiger partial charge in [0, 0.05) is 48.6 Å². The van der Waals surface area contributed by atoms with Gasteiger partial charge in [-0.15, -0.1) is 0 Å². The molecule has 0 saturated carbocycles. The van der Waals surface area contributed by atoms with Crippen molar-refractivity contribution in [1.82, 2.24) is 0 Å². The van der Waals surface area contributed by atoms with Crippen molar-refractivity contribution in [2.75, 3.05) is 20.3 Å². The van der Waals surface area contributed by atoms with E-state index >= 15 is 0 Å². The lowest BCUT2D eigenvalue weighted by Crippen LogP contribution is -2.39. The van der Waals surface area contributed by atoms with E-state index < -0.39 is 22.7 Å². The molecule has 0 aromatic heterocycles. The normalized spacial score (nSPS) is 22.9. The van der Waals surface area contributed by atoms with Crippen LogP contribution >= 0.6 is 0 Å². The molecule has 8 nitrogen and oxygen atoms in total. The molecule has 0 spiro atoms. The number of nitro benzene ring substituents is 1. The van der Waals surface area contributed by atoms with Crippen LogP contribution in [0, 0.1) is 21.4 Å². The number of Topliss-reactive ketones (excluding diaryl/α,β-unsaturated/α-hetero) is 1. The predicted octanol–water partition coefficient (Wildman–Crippen LogP) is 3.60. The van der Waals surface area contributed by atoms with Gasteiger partial charge in [0.15, 0.2) is 5.78 Å². The van der Waals surface area contributed by atoms with Crippen molar-refractivity contribution in [3.05, 3.63) is 51.2 Å². The first-order chi connectivity index (χ1) is 14.1. The van der Waals surface area contributed by atoms with Crippen LogP contribution in [0.4, 0.5) is 5.69 Å². The van der Waals surface area contributed by atoms with Gasteiger partial charge in [0.25, 0.3) is 5.69 Å². The molecule has 2 aliphatic rings. The van der Waals surface area contributed by atoms with E-state index in [2.05, 4.69) is 4.99 Å². The van der Waals surface area contributed by atoms with E-state index in [0.717, 1.165) is 0 Å². The van der Waals surface area contributed by atoms with Gasteiger partial charge in [-0.2, -0.15) is 0 Å². The Bertz CT molecular complexity index is 929. The number of hydrogen-bond donors (Lipinski definition) is 0. The van der Waals surface area contributed by atoms with Crippen molar-refractivity contribution in [2.24, 2.45) is 16.3 Å². The van der Waals surface area contributed by atoms with E-state index in [4.69, 9.17) is 9.47 Å². The molecule has 30 heavy (non-hydrogen) atoms. The molecule has 1 heterocycles. The number of allylic oxidation sites excluding steroid dienone is 2. The number of rotatable bonds is 6. The Morgan fingerprint density at radius 2 is 1.90 bits per heavy atom. The number of hydrogen-bond acceptors (Lipinski definition) is 7. The van der Waals surface area contributed by atoms with Gasteiger partial charge < -0.3 is 9.47 Å². The highest BCUT2D eigenvalue weighted by atomic mass is 16.6. The lowest BCUT2D eigenvalue weighted by Gasteiger charge is -2.39.